The Morgan fingerprint density at radius 3 is 2.84 bits per heavy atom. The molecule has 0 aromatic carbocycles. The lowest BCUT2D eigenvalue weighted by atomic mass is 10.2. The van der Waals surface area contributed by atoms with E-state index in [1.165, 1.54) is 18.1 Å². The van der Waals surface area contributed by atoms with Crippen LogP contribution in [-0.4, -0.2) is 54.3 Å². The molecule has 1 heterocycles. The summed E-state index contributed by atoms with van der Waals surface area (Å²) in [5, 5.41) is 9.91. The number of pyridine rings is 1. The molecule has 0 spiro atoms. The predicted molar refractivity (Wildman–Crippen MR) is 73.5 cm³/mol. The van der Waals surface area contributed by atoms with E-state index in [1.54, 1.807) is 13.1 Å². The molecule has 1 unspecified atom stereocenters. The Balaban J connectivity index is 2.79. The molecule has 0 bridgehead atoms. The number of carbonyl (C=O) groups excluding carboxylic acids is 1. The van der Waals surface area contributed by atoms with Crippen LogP contribution in [0.5, 0.6) is 0 Å². The number of ether oxygens (including phenoxy) is 1. The Kier molecular flexibility index (Phi) is 6.21. The summed E-state index contributed by atoms with van der Waals surface area (Å²) >= 11 is 5.88. The van der Waals surface area contributed by atoms with Crippen LogP contribution in [0.3, 0.4) is 0 Å². The van der Waals surface area contributed by atoms with Gasteiger partial charge >= 0.3 is 0 Å². The van der Waals surface area contributed by atoms with Crippen LogP contribution in [0.4, 0.5) is 0 Å². The zero-order valence-electron chi connectivity index (χ0n) is 11.4. The first-order chi connectivity index (χ1) is 8.97. The van der Waals surface area contributed by atoms with Gasteiger partial charge in [0.15, 0.2) is 0 Å². The smallest absolute Gasteiger partial charge is 0.253 e. The van der Waals surface area contributed by atoms with Crippen LogP contribution in [0, 0.1) is 0 Å². The number of aliphatic hydroxyl groups excluding tert-OH is 1. The van der Waals surface area contributed by atoms with Crippen molar-refractivity contribution in [3.05, 3.63) is 28.5 Å². The molecule has 1 N–H and O–H groups in total. The number of amides is 1. The summed E-state index contributed by atoms with van der Waals surface area (Å²) in [6.07, 6.45) is -0.00136. The molecular weight excluding hydrogens is 268 g/mol. The van der Waals surface area contributed by atoms with Crippen molar-refractivity contribution in [1.29, 1.82) is 0 Å². The summed E-state index contributed by atoms with van der Waals surface area (Å²) in [4.78, 5) is 17.7. The summed E-state index contributed by atoms with van der Waals surface area (Å²) in [6.45, 7) is 2.34. The van der Waals surface area contributed by atoms with Crippen molar-refractivity contribution in [3.8, 4) is 0 Å². The van der Waals surface area contributed by atoms with Crippen molar-refractivity contribution >= 4 is 17.5 Å². The fourth-order valence-corrected chi connectivity index (χ4v) is 1.95. The molecule has 0 fully saturated rings. The third kappa shape index (κ3) is 4.78. The fourth-order valence-electron chi connectivity index (χ4n) is 1.72. The molecule has 0 aliphatic carbocycles. The Morgan fingerprint density at radius 1 is 1.58 bits per heavy atom. The molecular formula is C13H19ClN2O3. The van der Waals surface area contributed by atoms with Crippen molar-refractivity contribution < 1.29 is 14.6 Å². The molecule has 0 aliphatic heterocycles. The van der Waals surface area contributed by atoms with Crippen LogP contribution in [0.2, 0.25) is 5.15 Å². The molecule has 6 heteroatoms. The van der Waals surface area contributed by atoms with Gasteiger partial charge in [0.2, 0.25) is 0 Å². The van der Waals surface area contributed by atoms with E-state index >= 15 is 0 Å². The molecule has 1 aromatic heterocycles. The van der Waals surface area contributed by atoms with E-state index in [9.17, 15) is 9.90 Å². The quantitative estimate of drug-likeness (QED) is 0.803. The van der Waals surface area contributed by atoms with Crippen molar-refractivity contribution in [2.45, 2.75) is 19.4 Å². The summed E-state index contributed by atoms with van der Waals surface area (Å²) in [5.74, 6) is -0.200. The second-order valence-corrected chi connectivity index (χ2v) is 4.71. The average Bonchev–Trinajstić information content (AvgIpc) is 2.37. The van der Waals surface area contributed by atoms with Crippen molar-refractivity contribution in [2.75, 3.05) is 27.3 Å². The molecule has 1 rings (SSSR count). The van der Waals surface area contributed by atoms with E-state index in [-0.39, 0.29) is 19.1 Å². The van der Waals surface area contributed by atoms with Gasteiger partial charge in [-0.15, -0.1) is 0 Å². The SMILES string of the molecule is CCc1cc(C(=O)N(C)CC(O)COC)cc(Cl)n1. The second kappa shape index (κ2) is 7.43. The second-order valence-electron chi connectivity index (χ2n) is 4.32. The van der Waals surface area contributed by atoms with Gasteiger partial charge in [0.05, 0.1) is 12.7 Å². The number of likely N-dealkylation sites (N-methyl/N-ethyl adjacent to an activating group) is 1. The number of nitrogens with zero attached hydrogens (tertiary/aromatic N) is 2. The topological polar surface area (TPSA) is 62.7 Å². The maximum Gasteiger partial charge on any atom is 0.253 e. The third-order valence-corrected chi connectivity index (χ3v) is 2.84. The maximum absolute atomic E-state index is 12.2. The largest absolute Gasteiger partial charge is 0.389 e. The summed E-state index contributed by atoms with van der Waals surface area (Å²) < 4.78 is 4.83. The number of aliphatic hydroxyl groups is 1. The minimum Gasteiger partial charge on any atom is -0.389 e. The third-order valence-electron chi connectivity index (χ3n) is 2.65. The van der Waals surface area contributed by atoms with Gasteiger partial charge in [0, 0.05) is 32.0 Å². The Labute approximate surface area is 118 Å². The first-order valence-corrected chi connectivity index (χ1v) is 6.44. The number of rotatable bonds is 6. The number of aromatic nitrogens is 1. The van der Waals surface area contributed by atoms with Gasteiger partial charge in [0.25, 0.3) is 5.91 Å². The standard InChI is InChI=1S/C13H19ClN2O3/c1-4-10-5-9(6-12(14)15-10)13(18)16(2)7-11(17)8-19-3/h5-6,11,17H,4,7-8H2,1-3H3. The molecule has 0 saturated carbocycles. The molecule has 19 heavy (non-hydrogen) atoms. The highest BCUT2D eigenvalue weighted by Gasteiger charge is 2.16. The molecule has 0 saturated heterocycles. The lowest BCUT2D eigenvalue weighted by Crippen LogP contribution is -2.36. The predicted octanol–water partition coefficient (Wildman–Crippen LogP) is 1.38. The van der Waals surface area contributed by atoms with Crippen molar-refractivity contribution in [2.24, 2.45) is 0 Å². The lowest BCUT2D eigenvalue weighted by molar-refractivity contribution is 0.0380. The lowest BCUT2D eigenvalue weighted by Gasteiger charge is -2.20. The van der Waals surface area contributed by atoms with Gasteiger partial charge in [0.1, 0.15) is 5.15 Å². The Hall–Kier alpha value is -1.17. The molecule has 106 valence electrons. The number of methoxy groups -OCH3 is 1. The highest BCUT2D eigenvalue weighted by atomic mass is 35.5. The van der Waals surface area contributed by atoms with Gasteiger partial charge < -0.3 is 14.7 Å². The van der Waals surface area contributed by atoms with Gasteiger partial charge in [-0.25, -0.2) is 4.98 Å². The summed E-state index contributed by atoms with van der Waals surface area (Å²) in [7, 11) is 3.13. The van der Waals surface area contributed by atoms with Crippen LogP contribution in [-0.2, 0) is 11.2 Å². The molecule has 1 amide bonds. The normalized spacial score (nSPS) is 12.3. The van der Waals surface area contributed by atoms with Crippen LogP contribution >= 0.6 is 11.6 Å². The van der Waals surface area contributed by atoms with E-state index in [4.69, 9.17) is 16.3 Å². The number of hydrogen-bond acceptors (Lipinski definition) is 4. The maximum atomic E-state index is 12.2. The van der Waals surface area contributed by atoms with Gasteiger partial charge in [-0.1, -0.05) is 18.5 Å². The highest BCUT2D eigenvalue weighted by molar-refractivity contribution is 6.29. The number of carbonyl (C=O) groups is 1. The zero-order chi connectivity index (χ0) is 14.4. The van der Waals surface area contributed by atoms with Crippen LogP contribution < -0.4 is 0 Å². The molecule has 1 aromatic rings. The number of halogens is 1. The first-order valence-electron chi connectivity index (χ1n) is 6.06. The van der Waals surface area contributed by atoms with Gasteiger partial charge in [-0.3, -0.25) is 4.79 Å². The van der Waals surface area contributed by atoms with Crippen molar-refractivity contribution in [1.82, 2.24) is 9.88 Å². The first kappa shape index (κ1) is 15.9. The average molecular weight is 287 g/mol. The van der Waals surface area contributed by atoms with E-state index in [2.05, 4.69) is 4.98 Å². The monoisotopic (exact) mass is 286 g/mol. The Morgan fingerprint density at radius 2 is 2.26 bits per heavy atom. The van der Waals surface area contributed by atoms with Gasteiger partial charge in [-0.05, 0) is 18.6 Å². The van der Waals surface area contributed by atoms with E-state index in [0.717, 1.165) is 5.69 Å². The number of hydrogen-bond donors (Lipinski definition) is 1. The Bertz CT molecular complexity index is 440. The van der Waals surface area contributed by atoms with E-state index < -0.39 is 6.10 Å². The molecule has 0 aliphatic rings. The minimum absolute atomic E-state index is 0.189. The van der Waals surface area contributed by atoms with Crippen LogP contribution in [0.25, 0.3) is 0 Å². The minimum atomic E-state index is -0.707. The summed E-state index contributed by atoms with van der Waals surface area (Å²) in [5.41, 5.74) is 1.24. The van der Waals surface area contributed by atoms with Crippen molar-refractivity contribution in [3.63, 3.8) is 0 Å². The number of aryl methyl sites for hydroxylation is 1. The molecule has 0 radical (unpaired) electrons. The highest BCUT2D eigenvalue weighted by Crippen LogP contribution is 2.13. The molecule has 5 nitrogen and oxygen atoms in total. The summed E-state index contributed by atoms with van der Waals surface area (Å²) in [6, 6.07) is 3.25. The molecule has 1 atom stereocenters. The van der Waals surface area contributed by atoms with Crippen LogP contribution in [0.15, 0.2) is 12.1 Å². The van der Waals surface area contributed by atoms with E-state index in [0.29, 0.717) is 17.1 Å². The van der Waals surface area contributed by atoms with Crippen LogP contribution in [0.1, 0.15) is 23.0 Å². The van der Waals surface area contributed by atoms with E-state index in [1.807, 2.05) is 6.92 Å². The zero-order valence-corrected chi connectivity index (χ0v) is 12.1. The van der Waals surface area contributed by atoms with Gasteiger partial charge in [-0.2, -0.15) is 0 Å². The fraction of sp³-hybridized carbons (Fsp3) is 0.538.